The van der Waals surface area contributed by atoms with Gasteiger partial charge in [-0.1, -0.05) is 74.3 Å². The second-order valence-electron chi connectivity index (χ2n) is 4.59. The Morgan fingerprint density at radius 1 is 0.941 bits per heavy atom. The van der Waals surface area contributed by atoms with E-state index in [1.807, 2.05) is 0 Å². The quantitative estimate of drug-likeness (QED) is 0.527. The average molecular weight is 352 g/mol. The van der Waals surface area contributed by atoms with E-state index in [4.69, 9.17) is 0 Å². The number of benzene rings is 2. The molecule has 0 bridgehead atoms. The number of hydrogen-bond acceptors (Lipinski definition) is 0. The summed E-state index contributed by atoms with van der Waals surface area (Å²) in [6.07, 6.45) is 1.05. The van der Waals surface area contributed by atoms with Crippen LogP contribution < -0.4 is 0 Å². The van der Waals surface area contributed by atoms with Crippen molar-refractivity contribution >= 4 is 31.9 Å². The Kier molecular flexibility index (Phi) is 2.68. The van der Waals surface area contributed by atoms with E-state index in [1.165, 1.54) is 27.8 Å². The van der Waals surface area contributed by atoms with Gasteiger partial charge in [0, 0.05) is 0 Å². The molecule has 0 fully saturated rings. The molecule has 0 unspecified atom stereocenters. The van der Waals surface area contributed by atoms with Crippen molar-refractivity contribution in [1.29, 1.82) is 0 Å². The van der Waals surface area contributed by atoms with Gasteiger partial charge in [-0.3, -0.25) is 0 Å². The smallest absolute Gasteiger partial charge is 0.0677 e. The molecule has 0 aromatic heterocycles. The van der Waals surface area contributed by atoms with Gasteiger partial charge >= 0.3 is 0 Å². The zero-order valence-electron chi connectivity index (χ0n) is 9.50. The van der Waals surface area contributed by atoms with Gasteiger partial charge in [-0.2, -0.15) is 0 Å². The highest BCUT2D eigenvalue weighted by Crippen LogP contribution is 2.42. The Morgan fingerprint density at radius 2 is 1.65 bits per heavy atom. The predicted molar refractivity (Wildman–Crippen MR) is 79.9 cm³/mol. The summed E-state index contributed by atoms with van der Waals surface area (Å²) in [4.78, 5) is 0. The fraction of sp³-hybridized carbons (Fsp3) is 0.200. The maximum atomic E-state index is 3.65. The van der Waals surface area contributed by atoms with Gasteiger partial charge in [0.2, 0.25) is 0 Å². The summed E-state index contributed by atoms with van der Waals surface area (Å²) in [6, 6.07) is 15.4. The second-order valence-corrected chi connectivity index (χ2v) is 8.83. The van der Waals surface area contributed by atoms with Crippen molar-refractivity contribution in [3.63, 3.8) is 0 Å². The molecule has 0 aliphatic heterocycles. The molecule has 0 saturated carbocycles. The molecule has 0 amide bonds. The van der Waals surface area contributed by atoms with Crippen molar-refractivity contribution < 1.29 is 0 Å². The van der Waals surface area contributed by atoms with Crippen molar-refractivity contribution in [2.75, 3.05) is 0 Å². The van der Waals surface area contributed by atoms with Crippen LogP contribution in [0, 0.1) is 0 Å². The maximum absolute atomic E-state index is 3.65. The summed E-state index contributed by atoms with van der Waals surface area (Å²) in [7, 11) is 0. The average Bonchev–Trinajstić information content (AvgIpc) is 2.65. The summed E-state index contributed by atoms with van der Waals surface area (Å²) < 4.78 is -0.135. The van der Waals surface area contributed by atoms with Crippen molar-refractivity contribution in [3.05, 3.63) is 59.2 Å². The molecule has 0 N–H and O–H groups in total. The molecule has 86 valence electrons. The first kappa shape index (κ1) is 11.5. The van der Waals surface area contributed by atoms with Crippen LogP contribution in [0.15, 0.2) is 42.5 Å². The van der Waals surface area contributed by atoms with Gasteiger partial charge in [-0.15, -0.1) is 0 Å². The van der Waals surface area contributed by atoms with Crippen LogP contribution in [0.25, 0.3) is 11.1 Å². The second kappa shape index (κ2) is 3.96. The molecule has 0 spiro atoms. The van der Waals surface area contributed by atoms with Crippen LogP contribution in [0.3, 0.4) is 0 Å². The molecule has 2 heteroatoms. The highest BCUT2D eigenvalue weighted by molar-refractivity contribution is 9.24. The van der Waals surface area contributed by atoms with Crippen LogP contribution in [-0.4, -0.2) is 0 Å². The third-order valence-electron chi connectivity index (χ3n) is 3.30. The molecule has 0 nitrogen and oxygen atoms in total. The van der Waals surface area contributed by atoms with Gasteiger partial charge < -0.3 is 0 Å². The first-order valence-corrected chi connectivity index (χ1v) is 7.24. The minimum absolute atomic E-state index is 0.135. The summed E-state index contributed by atoms with van der Waals surface area (Å²) >= 11 is 7.29. The number of alkyl halides is 2. The minimum Gasteiger partial charge on any atom is -0.0677 e. The molecule has 0 heterocycles. The number of hydrogen-bond donors (Lipinski definition) is 0. The van der Waals surface area contributed by atoms with E-state index in [0.29, 0.717) is 0 Å². The van der Waals surface area contributed by atoms with Crippen molar-refractivity contribution in [2.45, 2.75) is 16.6 Å². The zero-order chi connectivity index (χ0) is 12.0. The highest BCUT2D eigenvalue weighted by atomic mass is 79.9. The van der Waals surface area contributed by atoms with Crippen molar-refractivity contribution in [2.24, 2.45) is 0 Å². The third kappa shape index (κ3) is 1.98. The molecule has 2 aromatic rings. The van der Waals surface area contributed by atoms with E-state index >= 15 is 0 Å². The zero-order valence-corrected chi connectivity index (χ0v) is 12.7. The summed E-state index contributed by atoms with van der Waals surface area (Å²) in [5.74, 6) is 0. The van der Waals surface area contributed by atoms with Crippen molar-refractivity contribution in [3.8, 4) is 11.1 Å². The summed E-state index contributed by atoms with van der Waals surface area (Å²) in [6.45, 7) is 2.11. The fourth-order valence-electron chi connectivity index (χ4n) is 2.42. The lowest BCUT2D eigenvalue weighted by Crippen LogP contribution is -2.02. The topological polar surface area (TPSA) is 0 Å². The molecule has 3 rings (SSSR count). The largest absolute Gasteiger partial charge is 0.102 e. The van der Waals surface area contributed by atoms with Crippen LogP contribution in [-0.2, 0) is 9.65 Å². The number of fused-ring (bicyclic) bond motifs is 3. The normalized spacial score (nSPS) is 13.4. The molecule has 2 aromatic carbocycles. The van der Waals surface area contributed by atoms with Gasteiger partial charge in [0.15, 0.2) is 0 Å². The Hall–Kier alpha value is -0.600. The number of halogens is 2. The molecule has 0 saturated heterocycles. The van der Waals surface area contributed by atoms with Gasteiger partial charge in [0.1, 0.15) is 3.23 Å². The van der Waals surface area contributed by atoms with Gasteiger partial charge in [-0.05, 0) is 41.2 Å². The highest BCUT2D eigenvalue weighted by Gasteiger charge is 2.23. The molecule has 0 radical (unpaired) electrons. The maximum Gasteiger partial charge on any atom is 0.102 e. The fourth-order valence-corrected chi connectivity index (χ4v) is 2.91. The van der Waals surface area contributed by atoms with Crippen molar-refractivity contribution in [1.82, 2.24) is 0 Å². The SMILES string of the molecule is CC(Br)(Br)c1ccc2c(c1)Cc1ccccc1-2. The van der Waals surface area contributed by atoms with Gasteiger partial charge in [0.05, 0.1) is 0 Å². The predicted octanol–water partition coefficient (Wildman–Crippen LogP) is 5.22. The molecular weight excluding hydrogens is 340 g/mol. The Morgan fingerprint density at radius 3 is 2.41 bits per heavy atom. The molecular formula is C15H12Br2. The van der Waals surface area contributed by atoms with Gasteiger partial charge in [0.25, 0.3) is 0 Å². The Balaban J connectivity index is 2.13. The first-order chi connectivity index (χ1) is 8.05. The Labute approximate surface area is 118 Å². The lowest BCUT2D eigenvalue weighted by molar-refractivity contribution is 1.05. The molecule has 1 aliphatic carbocycles. The summed E-state index contributed by atoms with van der Waals surface area (Å²) in [5.41, 5.74) is 6.90. The lowest BCUT2D eigenvalue weighted by Gasteiger charge is -2.15. The molecule has 17 heavy (non-hydrogen) atoms. The van der Waals surface area contributed by atoms with Crippen LogP contribution in [0.2, 0.25) is 0 Å². The molecule has 1 aliphatic rings. The van der Waals surface area contributed by atoms with Crippen LogP contribution >= 0.6 is 31.9 Å². The summed E-state index contributed by atoms with van der Waals surface area (Å²) in [5, 5.41) is 0. The molecule has 0 atom stereocenters. The van der Waals surface area contributed by atoms with E-state index < -0.39 is 0 Å². The van der Waals surface area contributed by atoms with E-state index in [9.17, 15) is 0 Å². The Bertz CT molecular complexity index is 580. The third-order valence-corrected chi connectivity index (χ3v) is 4.22. The number of rotatable bonds is 1. The van der Waals surface area contributed by atoms with E-state index in [1.54, 1.807) is 0 Å². The van der Waals surface area contributed by atoms with Crippen LogP contribution in [0.4, 0.5) is 0 Å². The lowest BCUT2D eigenvalue weighted by atomic mass is 10.0. The van der Waals surface area contributed by atoms with Crippen LogP contribution in [0.5, 0.6) is 0 Å². The first-order valence-electron chi connectivity index (χ1n) is 5.65. The monoisotopic (exact) mass is 350 g/mol. The van der Waals surface area contributed by atoms with E-state index in [-0.39, 0.29) is 3.23 Å². The van der Waals surface area contributed by atoms with Gasteiger partial charge in [-0.25, -0.2) is 0 Å². The van der Waals surface area contributed by atoms with E-state index in [2.05, 4.69) is 81.2 Å². The minimum atomic E-state index is -0.135. The standard InChI is InChI=1S/C15H12Br2/c1-15(16,17)12-6-7-14-11(9-12)8-10-4-2-3-5-13(10)14/h2-7,9H,8H2,1H3. The van der Waals surface area contributed by atoms with E-state index in [0.717, 1.165) is 6.42 Å². The van der Waals surface area contributed by atoms with Crippen LogP contribution in [0.1, 0.15) is 23.6 Å².